The Morgan fingerprint density at radius 2 is 1.73 bits per heavy atom. The zero-order valence-electron chi connectivity index (χ0n) is 17.4. The summed E-state index contributed by atoms with van der Waals surface area (Å²) < 4.78 is 5.94. The lowest BCUT2D eigenvalue weighted by molar-refractivity contribution is 0.102. The van der Waals surface area contributed by atoms with Crippen molar-refractivity contribution >= 4 is 34.3 Å². The highest BCUT2D eigenvalue weighted by molar-refractivity contribution is 6.33. The third kappa shape index (κ3) is 4.10. The van der Waals surface area contributed by atoms with Gasteiger partial charge in [-0.25, -0.2) is 4.98 Å². The molecule has 1 N–H and O–H groups in total. The van der Waals surface area contributed by atoms with E-state index in [1.807, 2.05) is 50.2 Å². The van der Waals surface area contributed by atoms with Gasteiger partial charge in [0.1, 0.15) is 5.52 Å². The van der Waals surface area contributed by atoms with Crippen molar-refractivity contribution in [3.63, 3.8) is 0 Å². The van der Waals surface area contributed by atoms with E-state index in [4.69, 9.17) is 16.0 Å². The predicted octanol–water partition coefficient (Wildman–Crippen LogP) is 7.14. The van der Waals surface area contributed by atoms with Crippen LogP contribution in [0.3, 0.4) is 0 Å². The smallest absolute Gasteiger partial charge is 0.255 e. The summed E-state index contributed by atoms with van der Waals surface area (Å²) >= 11 is 6.42. The summed E-state index contributed by atoms with van der Waals surface area (Å²) in [4.78, 5) is 17.3. The first kappa shape index (κ1) is 20.2. The van der Waals surface area contributed by atoms with Gasteiger partial charge in [0.2, 0.25) is 5.89 Å². The average Bonchev–Trinajstić information content (AvgIpc) is 3.11. The molecule has 3 aromatic carbocycles. The van der Waals surface area contributed by atoms with E-state index in [0.717, 1.165) is 16.6 Å². The van der Waals surface area contributed by atoms with E-state index in [1.165, 1.54) is 5.56 Å². The molecule has 0 spiro atoms. The van der Waals surface area contributed by atoms with E-state index in [0.29, 0.717) is 39.2 Å². The molecule has 0 aliphatic heterocycles. The highest BCUT2D eigenvalue weighted by Crippen LogP contribution is 2.33. The fourth-order valence-electron chi connectivity index (χ4n) is 3.49. The molecule has 1 amide bonds. The standard InChI is InChI=1S/C25H23ClN2O2/c1-14(2)17-5-8-23-22(12-17)28-25(30-23)20-13-19(6-7-21(20)26)27-24(29)18-10-15(3)9-16(4)11-18/h5-14H,1-4H3,(H,27,29). The molecule has 0 aliphatic rings. The molecule has 1 aromatic heterocycles. The maximum Gasteiger partial charge on any atom is 0.255 e. The number of nitrogens with one attached hydrogen (secondary N) is 1. The fraction of sp³-hybridized carbons (Fsp3) is 0.200. The van der Waals surface area contributed by atoms with Gasteiger partial charge in [-0.3, -0.25) is 4.79 Å². The normalized spacial score (nSPS) is 11.3. The van der Waals surface area contributed by atoms with Crippen LogP contribution >= 0.6 is 11.6 Å². The van der Waals surface area contributed by atoms with Gasteiger partial charge in [-0.15, -0.1) is 0 Å². The van der Waals surface area contributed by atoms with Crippen LogP contribution in [-0.2, 0) is 0 Å². The van der Waals surface area contributed by atoms with Crippen molar-refractivity contribution in [3.05, 3.63) is 81.9 Å². The summed E-state index contributed by atoms with van der Waals surface area (Å²) in [6.07, 6.45) is 0. The Morgan fingerprint density at radius 1 is 1.00 bits per heavy atom. The number of hydrogen-bond donors (Lipinski definition) is 1. The second kappa shape index (κ2) is 7.96. The Balaban J connectivity index is 1.66. The Labute approximate surface area is 180 Å². The third-order valence-electron chi connectivity index (χ3n) is 5.02. The van der Waals surface area contributed by atoms with Crippen LogP contribution in [0.5, 0.6) is 0 Å². The highest BCUT2D eigenvalue weighted by Gasteiger charge is 2.15. The lowest BCUT2D eigenvalue weighted by Gasteiger charge is -2.09. The van der Waals surface area contributed by atoms with Crippen molar-refractivity contribution in [1.29, 1.82) is 0 Å². The Morgan fingerprint density at radius 3 is 2.43 bits per heavy atom. The molecule has 30 heavy (non-hydrogen) atoms. The molecule has 4 rings (SSSR count). The number of fused-ring (bicyclic) bond motifs is 1. The van der Waals surface area contributed by atoms with Gasteiger partial charge in [-0.05, 0) is 67.8 Å². The van der Waals surface area contributed by atoms with E-state index in [1.54, 1.807) is 18.2 Å². The zero-order valence-corrected chi connectivity index (χ0v) is 18.2. The molecule has 0 saturated heterocycles. The van der Waals surface area contributed by atoms with Gasteiger partial charge in [-0.1, -0.05) is 48.7 Å². The Kier molecular flexibility index (Phi) is 5.35. The number of carbonyl (C=O) groups is 1. The molecular formula is C25H23ClN2O2. The van der Waals surface area contributed by atoms with E-state index in [2.05, 4.69) is 24.1 Å². The lowest BCUT2D eigenvalue weighted by atomic mass is 10.0. The van der Waals surface area contributed by atoms with Crippen molar-refractivity contribution in [2.45, 2.75) is 33.6 Å². The largest absolute Gasteiger partial charge is 0.436 e. The molecule has 0 fully saturated rings. The minimum Gasteiger partial charge on any atom is -0.436 e. The van der Waals surface area contributed by atoms with Crippen molar-refractivity contribution in [1.82, 2.24) is 4.98 Å². The molecule has 0 bridgehead atoms. The van der Waals surface area contributed by atoms with Gasteiger partial charge >= 0.3 is 0 Å². The van der Waals surface area contributed by atoms with Gasteiger partial charge in [0.05, 0.1) is 10.6 Å². The Hall–Kier alpha value is -3.11. The molecule has 0 unspecified atom stereocenters. The molecule has 152 valence electrons. The first-order valence-electron chi connectivity index (χ1n) is 9.90. The molecule has 0 aliphatic carbocycles. The molecule has 0 atom stereocenters. The number of hydrogen-bond acceptors (Lipinski definition) is 3. The Bertz CT molecular complexity index is 1240. The van der Waals surface area contributed by atoms with Crippen molar-refractivity contribution in [2.75, 3.05) is 5.32 Å². The van der Waals surface area contributed by atoms with Gasteiger partial charge < -0.3 is 9.73 Å². The maximum absolute atomic E-state index is 12.7. The summed E-state index contributed by atoms with van der Waals surface area (Å²) in [5.74, 6) is 0.662. The number of benzene rings is 3. The van der Waals surface area contributed by atoms with Crippen LogP contribution in [0.25, 0.3) is 22.6 Å². The molecular weight excluding hydrogens is 396 g/mol. The maximum atomic E-state index is 12.7. The third-order valence-corrected chi connectivity index (χ3v) is 5.35. The SMILES string of the molecule is Cc1cc(C)cc(C(=O)Nc2ccc(Cl)c(-c3nc4cc(C(C)C)ccc4o3)c2)c1. The number of nitrogens with zero attached hydrogens (tertiary/aromatic N) is 1. The zero-order chi connectivity index (χ0) is 21.4. The van der Waals surface area contributed by atoms with Crippen LogP contribution in [0, 0.1) is 13.8 Å². The van der Waals surface area contributed by atoms with Crippen LogP contribution in [0.15, 0.2) is 59.0 Å². The number of aromatic nitrogens is 1. The fourth-order valence-corrected chi connectivity index (χ4v) is 3.69. The number of aryl methyl sites for hydroxylation is 2. The van der Waals surface area contributed by atoms with Crippen LogP contribution in [0.1, 0.15) is 46.8 Å². The molecule has 1 heterocycles. The number of rotatable bonds is 4. The number of amides is 1. The number of carbonyl (C=O) groups excluding carboxylic acids is 1. The van der Waals surface area contributed by atoms with E-state index in [-0.39, 0.29) is 5.91 Å². The van der Waals surface area contributed by atoms with Crippen LogP contribution in [-0.4, -0.2) is 10.9 Å². The minimum absolute atomic E-state index is 0.172. The number of halogens is 1. The highest BCUT2D eigenvalue weighted by atomic mass is 35.5. The van der Waals surface area contributed by atoms with Gasteiger partial charge in [0.15, 0.2) is 5.58 Å². The van der Waals surface area contributed by atoms with Gasteiger partial charge in [0.25, 0.3) is 5.91 Å². The van der Waals surface area contributed by atoms with Crippen LogP contribution in [0.4, 0.5) is 5.69 Å². The van der Waals surface area contributed by atoms with E-state index < -0.39 is 0 Å². The first-order valence-corrected chi connectivity index (χ1v) is 10.3. The average molecular weight is 419 g/mol. The summed E-state index contributed by atoms with van der Waals surface area (Å²) in [6, 6.07) is 17.1. The topological polar surface area (TPSA) is 55.1 Å². The van der Waals surface area contributed by atoms with Crippen LogP contribution in [0.2, 0.25) is 5.02 Å². The molecule has 0 radical (unpaired) electrons. The molecule has 0 saturated carbocycles. The summed E-state index contributed by atoms with van der Waals surface area (Å²) in [5.41, 5.74) is 6.66. The van der Waals surface area contributed by atoms with Crippen molar-refractivity contribution in [2.24, 2.45) is 0 Å². The molecule has 5 heteroatoms. The lowest BCUT2D eigenvalue weighted by Crippen LogP contribution is -2.12. The van der Waals surface area contributed by atoms with Crippen LogP contribution < -0.4 is 5.32 Å². The monoisotopic (exact) mass is 418 g/mol. The summed E-state index contributed by atoms with van der Waals surface area (Å²) in [6.45, 7) is 8.23. The van der Waals surface area contributed by atoms with E-state index in [9.17, 15) is 4.79 Å². The molecule has 4 aromatic rings. The van der Waals surface area contributed by atoms with Gasteiger partial charge in [0, 0.05) is 11.3 Å². The summed E-state index contributed by atoms with van der Waals surface area (Å²) in [5, 5.41) is 3.45. The second-order valence-corrected chi connectivity index (χ2v) is 8.33. The second-order valence-electron chi connectivity index (χ2n) is 7.93. The molecule has 4 nitrogen and oxygen atoms in total. The number of anilines is 1. The first-order chi connectivity index (χ1) is 14.3. The minimum atomic E-state index is -0.172. The van der Waals surface area contributed by atoms with Crippen molar-refractivity contribution < 1.29 is 9.21 Å². The quantitative estimate of drug-likeness (QED) is 0.383. The predicted molar refractivity (Wildman–Crippen MR) is 122 cm³/mol. The number of oxazole rings is 1. The van der Waals surface area contributed by atoms with E-state index >= 15 is 0 Å². The van der Waals surface area contributed by atoms with Crippen molar-refractivity contribution in [3.8, 4) is 11.5 Å². The summed E-state index contributed by atoms with van der Waals surface area (Å²) in [7, 11) is 0. The van der Waals surface area contributed by atoms with Gasteiger partial charge in [-0.2, -0.15) is 0 Å².